The van der Waals surface area contributed by atoms with Gasteiger partial charge >= 0.3 is 0 Å². The first kappa shape index (κ1) is 21.1. The van der Waals surface area contributed by atoms with Crippen LogP contribution in [0.15, 0.2) is 24.3 Å². The molecule has 1 saturated heterocycles. The lowest BCUT2D eigenvalue weighted by Gasteiger charge is -2.42. The highest BCUT2D eigenvalue weighted by Crippen LogP contribution is 2.25. The Hall–Kier alpha value is -2.19. The summed E-state index contributed by atoms with van der Waals surface area (Å²) in [5.41, 5.74) is 1.91. The van der Waals surface area contributed by atoms with E-state index >= 15 is 0 Å². The Balaban J connectivity index is 2.13. The van der Waals surface area contributed by atoms with Crippen LogP contribution < -0.4 is 10.4 Å². The number of carbonyl (C=O) groups excluding carboxylic acids is 2. The molecule has 2 amide bonds. The molecule has 1 heterocycles. The fraction of sp³-hybridized carbons (Fsp3) is 0.579. The van der Waals surface area contributed by atoms with E-state index in [1.807, 2.05) is 25.7 Å². The summed E-state index contributed by atoms with van der Waals surface area (Å²) >= 11 is 0. The van der Waals surface area contributed by atoms with Crippen molar-refractivity contribution >= 4 is 17.5 Å². The SMILES string of the molecule is CC(C)C[C@H](C(=O)N1CCN(c2ccccc2F)CC1C)[C@H](O)C(=O)NO. The summed E-state index contributed by atoms with van der Waals surface area (Å²) in [6, 6.07) is 6.29. The molecule has 0 aromatic heterocycles. The van der Waals surface area contributed by atoms with Crippen LogP contribution in [0.4, 0.5) is 10.1 Å². The molecule has 0 saturated carbocycles. The Bertz CT molecular complexity index is 670. The van der Waals surface area contributed by atoms with Crippen molar-refractivity contribution in [3.05, 3.63) is 30.1 Å². The number of benzene rings is 1. The number of hydrogen-bond donors (Lipinski definition) is 3. The molecule has 1 aromatic carbocycles. The zero-order valence-electron chi connectivity index (χ0n) is 15.9. The first-order chi connectivity index (χ1) is 12.8. The lowest BCUT2D eigenvalue weighted by atomic mass is 9.89. The molecule has 27 heavy (non-hydrogen) atoms. The molecule has 1 aliphatic rings. The molecule has 1 aliphatic heterocycles. The maximum absolute atomic E-state index is 14.0. The molecule has 0 bridgehead atoms. The van der Waals surface area contributed by atoms with E-state index in [0.717, 1.165) is 0 Å². The van der Waals surface area contributed by atoms with Crippen LogP contribution in [0.5, 0.6) is 0 Å². The largest absolute Gasteiger partial charge is 0.382 e. The second-order valence-electron chi connectivity index (χ2n) is 7.44. The van der Waals surface area contributed by atoms with Crippen molar-refractivity contribution in [2.75, 3.05) is 24.5 Å². The number of rotatable bonds is 6. The third-order valence-electron chi connectivity index (χ3n) is 4.91. The number of nitrogens with one attached hydrogen (secondary N) is 1. The van der Waals surface area contributed by atoms with Gasteiger partial charge in [-0.25, -0.2) is 9.87 Å². The average molecular weight is 381 g/mol. The standard InChI is InChI=1S/C19H28FN3O4/c1-12(2)10-14(17(24)18(25)21-27)19(26)23-9-8-22(11-13(23)3)16-7-5-4-6-15(16)20/h4-7,12-14,17,24,27H,8-11H2,1-3H3,(H,21,25)/t13?,14-,17-/m0/s1. The van der Waals surface area contributed by atoms with Crippen molar-refractivity contribution < 1.29 is 24.3 Å². The fourth-order valence-corrected chi connectivity index (χ4v) is 3.55. The van der Waals surface area contributed by atoms with E-state index in [0.29, 0.717) is 31.7 Å². The first-order valence-electron chi connectivity index (χ1n) is 9.18. The molecule has 7 nitrogen and oxygen atoms in total. The number of carbonyl (C=O) groups is 2. The summed E-state index contributed by atoms with van der Waals surface area (Å²) < 4.78 is 14.0. The van der Waals surface area contributed by atoms with Crippen LogP contribution in [-0.4, -0.2) is 58.8 Å². The van der Waals surface area contributed by atoms with Crippen molar-refractivity contribution in [2.45, 2.75) is 39.3 Å². The lowest BCUT2D eigenvalue weighted by molar-refractivity contribution is -0.152. The summed E-state index contributed by atoms with van der Waals surface area (Å²) in [6.07, 6.45) is -1.31. The topological polar surface area (TPSA) is 93.1 Å². The van der Waals surface area contributed by atoms with Crippen LogP contribution >= 0.6 is 0 Å². The Morgan fingerprint density at radius 3 is 2.52 bits per heavy atom. The second kappa shape index (κ2) is 9.14. The van der Waals surface area contributed by atoms with Gasteiger partial charge in [0.25, 0.3) is 5.91 Å². The Morgan fingerprint density at radius 1 is 1.30 bits per heavy atom. The predicted octanol–water partition coefficient (Wildman–Crippen LogP) is 1.39. The van der Waals surface area contributed by atoms with Crippen LogP contribution in [0.2, 0.25) is 0 Å². The van der Waals surface area contributed by atoms with Gasteiger partial charge in [-0.1, -0.05) is 26.0 Å². The maximum Gasteiger partial charge on any atom is 0.272 e. The molecule has 0 radical (unpaired) electrons. The van der Waals surface area contributed by atoms with Gasteiger partial charge in [0, 0.05) is 25.7 Å². The second-order valence-corrected chi connectivity index (χ2v) is 7.44. The number of aliphatic hydroxyl groups is 1. The van der Waals surface area contributed by atoms with Crippen molar-refractivity contribution in [1.29, 1.82) is 0 Å². The summed E-state index contributed by atoms with van der Waals surface area (Å²) in [4.78, 5) is 28.2. The molecule has 2 rings (SSSR count). The zero-order chi connectivity index (χ0) is 20.1. The van der Waals surface area contributed by atoms with Gasteiger partial charge in [0.05, 0.1) is 11.6 Å². The van der Waals surface area contributed by atoms with Crippen LogP contribution in [0.1, 0.15) is 27.2 Å². The van der Waals surface area contributed by atoms with Crippen molar-refractivity contribution in [2.24, 2.45) is 11.8 Å². The van der Waals surface area contributed by atoms with Gasteiger partial charge in [0.15, 0.2) is 0 Å². The van der Waals surface area contributed by atoms with Gasteiger partial charge in [-0.2, -0.15) is 0 Å². The molecule has 1 aromatic rings. The quantitative estimate of drug-likeness (QED) is 0.512. The number of hydrogen-bond acceptors (Lipinski definition) is 5. The molecular weight excluding hydrogens is 353 g/mol. The highest BCUT2D eigenvalue weighted by molar-refractivity contribution is 5.89. The Kier molecular flexibility index (Phi) is 7.15. The predicted molar refractivity (Wildman–Crippen MR) is 98.7 cm³/mol. The fourth-order valence-electron chi connectivity index (χ4n) is 3.55. The van der Waals surface area contributed by atoms with Crippen molar-refractivity contribution in [1.82, 2.24) is 10.4 Å². The van der Waals surface area contributed by atoms with E-state index in [-0.39, 0.29) is 23.7 Å². The van der Waals surface area contributed by atoms with Gasteiger partial charge in [0.2, 0.25) is 5.91 Å². The van der Waals surface area contributed by atoms with Gasteiger partial charge in [0.1, 0.15) is 11.9 Å². The third-order valence-corrected chi connectivity index (χ3v) is 4.91. The molecule has 0 aliphatic carbocycles. The molecular formula is C19H28FN3O4. The van der Waals surface area contributed by atoms with Crippen LogP contribution in [-0.2, 0) is 9.59 Å². The number of piperazine rings is 1. The van der Waals surface area contributed by atoms with E-state index < -0.39 is 17.9 Å². The maximum atomic E-state index is 14.0. The molecule has 3 atom stereocenters. The number of amides is 2. The third kappa shape index (κ3) is 4.95. The number of nitrogens with zero attached hydrogens (tertiary/aromatic N) is 2. The molecule has 8 heteroatoms. The number of para-hydroxylation sites is 1. The van der Waals surface area contributed by atoms with E-state index in [1.54, 1.807) is 23.1 Å². The monoisotopic (exact) mass is 381 g/mol. The van der Waals surface area contributed by atoms with E-state index in [1.165, 1.54) is 11.5 Å². The minimum absolute atomic E-state index is 0.0788. The molecule has 1 fully saturated rings. The number of aliphatic hydroxyl groups excluding tert-OH is 1. The van der Waals surface area contributed by atoms with Crippen molar-refractivity contribution in [3.8, 4) is 0 Å². The summed E-state index contributed by atoms with van der Waals surface area (Å²) in [5, 5.41) is 19.0. The minimum atomic E-state index is -1.62. The van der Waals surface area contributed by atoms with Gasteiger partial charge in [-0.05, 0) is 31.4 Å². The average Bonchev–Trinajstić information content (AvgIpc) is 2.64. The van der Waals surface area contributed by atoms with E-state index in [2.05, 4.69) is 0 Å². The highest BCUT2D eigenvalue weighted by Gasteiger charge is 2.38. The van der Waals surface area contributed by atoms with Gasteiger partial charge < -0.3 is 14.9 Å². The molecule has 150 valence electrons. The van der Waals surface area contributed by atoms with Gasteiger partial charge in [-0.15, -0.1) is 0 Å². The molecule has 3 N–H and O–H groups in total. The van der Waals surface area contributed by atoms with Gasteiger partial charge in [-0.3, -0.25) is 14.8 Å². The molecule has 0 spiro atoms. The summed E-state index contributed by atoms with van der Waals surface area (Å²) in [6.45, 7) is 6.90. The Labute approximate surface area is 158 Å². The Morgan fingerprint density at radius 2 is 1.96 bits per heavy atom. The minimum Gasteiger partial charge on any atom is -0.382 e. The summed E-state index contributed by atoms with van der Waals surface area (Å²) in [7, 11) is 0. The van der Waals surface area contributed by atoms with Crippen LogP contribution in [0, 0.1) is 17.7 Å². The summed E-state index contributed by atoms with van der Waals surface area (Å²) in [5.74, 6) is -2.50. The smallest absolute Gasteiger partial charge is 0.272 e. The highest BCUT2D eigenvalue weighted by atomic mass is 19.1. The number of halogens is 1. The molecule has 1 unspecified atom stereocenters. The van der Waals surface area contributed by atoms with Crippen molar-refractivity contribution in [3.63, 3.8) is 0 Å². The first-order valence-corrected chi connectivity index (χ1v) is 9.18. The van der Waals surface area contributed by atoms with E-state index in [9.17, 15) is 19.1 Å². The lowest BCUT2D eigenvalue weighted by Crippen LogP contribution is -2.57. The van der Waals surface area contributed by atoms with Crippen LogP contribution in [0.3, 0.4) is 0 Å². The number of hydroxylamine groups is 1. The van der Waals surface area contributed by atoms with Crippen LogP contribution in [0.25, 0.3) is 0 Å². The normalized spacial score (nSPS) is 19.7. The number of anilines is 1. The zero-order valence-corrected chi connectivity index (χ0v) is 15.9. The van der Waals surface area contributed by atoms with E-state index in [4.69, 9.17) is 5.21 Å².